The van der Waals surface area contributed by atoms with E-state index in [9.17, 15) is 9.59 Å². The summed E-state index contributed by atoms with van der Waals surface area (Å²) in [6, 6.07) is 21.3. The van der Waals surface area contributed by atoms with Gasteiger partial charge in [0.25, 0.3) is 5.91 Å². The van der Waals surface area contributed by atoms with Gasteiger partial charge >= 0.3 is 0 Å². The first-order valence-corrected chi connectivity index (χ1v) is 14.4. The minimum absolute atomic E-state index is 0.0761. The minimum atomic E-state index is -0.943. The SMILES string of the molecule is COc1ccc(-c2nsc(C(=O)N(c3ccccc3C)C(C(=O)NC3CCCC3)c3ccc(OC)cc3)c2N)cc1. The van der Waals surface area contributed by atoms with Crippen LogP contribution in [0.25, 0.3) is 11.3 Å². The molecule has 1 aromatic heterocycles. The third-order valence-corrected chi connectivity index (χ3v) is 8.37. The van der Waals surface area contributed by atoms with E-state index >= 15 is 0 Å². The Morgan fingerprint density at radius 3 is 2.17 bits per heavy atom. The molecule has 3 N–H and O–H groups in total. The van der Waals surface area contributed by atoms with Gasteiger partial charge in [0.15, 0.2) is 0 Å². The molecule has 0 saturated heterocycles. The predicted molar refractivity (Wildman–Crippen MR) is 163 cm³/mol. The van der Waals surface area contributed by atoms with Crippen LogP contribution in [0.2, 0.25) is 0 Å². The monoisotopic (exact) mass is 570 g/mol. The number of para-hydroxylation sites is 1. The molecular formula is C32H34N4O4S. The first-order chi connectivity index (χ1) is 19.9. The van der Waals surface area contributed by atoms with Crippen LogP contribution in [-0.4, -0.2) is 36.4 Å². The Bertz CT molecular complexity index is 1510. The number of rotatable bonds is 9. The van der Waals surface area contributed by atoms with E-state index in [2.05, 4.69) is 9.69 Å². The van der Waals surface area contributed by atoms with Crippen molar-refractivity contribution in [3.8, 4) is 22.8 Å². The molecule has 2 amide bonds. The molecule has 1 fully saturated rings. The van der Waals surface area contributed by atoms with Crippen molar-refractivity contribution in [2.75, 3.05) is 24.9 Å². The largest absolute Gasteiger partial charge is 0.497 e. The summed E-state index contributed by atoms with van der Waals surface area (Å²) in [6.07, 6.45) is 3.99. The van der Waals surface area contributed by atoms with Crippen molar-refractivity contribution in [2.45, 2.75) is 44.7 Å². The summed E-state index contributed by atoms with van der Waals surface area (Å²) in [6.45, 7) is 1.92. The van der Waals surface area contributed by atoms with E-state index in [4.69, 9.17) is 15.2 Å². The van der Waals surface area contributed by atoms with Crippen molar-refractivity contribution < 1.29 is 19.1 Å². The summed E-state index contributed by atoms with van der Waals surface area (Å²) in [7, 11) is 3.20. The Morgan fingerprint density at radius 2 is 1.56 bits per heavy atom. The van der Waals surface area contributed by atoms with Gasteiger partial charge in [-0.05, 0) is 84.9 Å². The highest BCUT2D eigenvalue weighted by atomic mass is 32.1. The fourth-order valence-corrected chi connectivity index (χ4v) is 6.03. The van der Waals surface area contributed by atoms with Crippen LogP contribution in [0.5, 0.6) is 11.5 Å². The predicted octanol–water partition coefficient (Wildman–Crippen LogP) is 6.16. The van der Waals surface area contributed by atoms with E-state index < -0.39 is 11.9 Å². The zero-order chi connectivity index (χ0) is 28.9. The number of carbonyl (C=O) groups is 2. The van der Waals surface area contributed by atoms with Crippen molar-refractivity contribution in [3.05, 3.63) is 88.8 Å². The summed E-state index contributed by atoms with van der Waals surface area (Å²) in [5.74, 6) is 0.738. The number of anilines is 2. The molecule has 0 spiro atoms. The Hall–Kier alpha value is -4.37. The smallest absolute Gasteiger partial charge is 0.273 e. The van der Waals surface area contributed by atoms with Crippen molar-refractivity contribution >= 4 is 34.7 Å². The van der Waals surface area contributed by atoms with E-state index in [1.165, 1.54) is 0 Å². The van der Waals surface area contributed by atoms with E-state index in [1.807, 2.05) is 67.6 Å². The maximum absolute atomic E-state index is 14.5. The van der Waals surface area contributed by atoms with Gasteiger partial charge < -0.3 is 20.5 Å². The van der Waals surface area contributed by atoms with Gasteiger partial charge in [0.05, 0.1) is 19.9 Å². The van der Waals surface area contributed by atoms with Gasteiger partial charge in [0.2, 0.25) is 5.91 Å². The van der Waals surface area contributed by atoms with Crippen LogP contribution >= 0.6 is 11.5 Å². The highest BCUT2D eigenvalue weighted by molar-refractivity contribution is 7.09. The molecule has 1 aliphatic carbocycles. The Kier molecular flexibility index (Phi) is 8.54. The fraction of sp³-hybridized carbons (Fsp3) is 0.281. The van der Waals surface area contributed by atoms with Crippen LogP contribution in [0.15, 0.2) is 72.8 Å². The molecule has 212 valence electrons. The van der Waals surface area contributed by atoms with Crippen LogP contribution in [0, 0.1) is 6.92 Å². The first kappa shape index (κ1) is 28.2. The number of nitrogens with one attached hydrogen (secondary N) is 1. The topological polar surface area (TPSA) is 107 Å². The highest BCUT2D eigenvalue weighted by Crippen LogP contribution is 2.38. The second-order valence-corrected chi connectivity index (χ2v) is 10.9. The zero-order valence-electron chi connectivity index (χ0n) is 23.4. The lowest BCUT2D eigenvalue weighted by Crippen LogP contribution is -2.46. The van der Waals surface area contributed by atoms with Crippen LogP contribution in [0.4, 0.5) is 11.4 Å². The number of nitrogens with two attached hydrogens (primary N) is 1. The number of hydrogen-bond acceptors (Lipinski definition) is 7. The van der Waals surface area contributed by atoms with E-state index in [0.29, 0.717) is 28.4 Å². The summed E-state index contributed by atoms with van der Waals surface area (Å²) in [5, 5.41) is 3.22. The van der Waals surface area contributed by atoms with Crippen molar-refractivity contribution in [2.24, 2.45) is 0 Å². The summed E-state index contributed by atoms with van der Waals surface area (Å²) < 4.78 is 15.2. The molecule has 1 unspecified atom stereocenters. The average Bonchev–Trinajstić information content (AvgIpc) is 3.65. The third-order valence-electron chi connectivity index (χ3n) is 7.52. The van der Waals surface area contributed by atoms with Crippen LogP contribution in [0.1, 0.15) is 52.5 Å². The minimum Gasteiger partial charge on any atom is -0.497 e. The lowest BCUT2D eigenvalue weighted by atomic mass is 10.0. The first-order valence-electron chi connectivity index (χ1n) is 13.6. The molecule has 0 bridgehead atoms. The molecule has 1 aliphatic rings. The second-order valence-electron chi connectivity index (χ2n) is 10.1. The molecular weight excluding hydrogens is 536 g/mol. The van der Waals surface area contributed by atoms with Crippen molar-refractivity contribution in [1.82, 2.24) is 9.69 Å². The number of carbonyl (C=O) groups excluding carboxylic acids is 2. The maximum atomic E-state index is 14.5. The number of methoxy groups -OCH3 is 2. The van der Waals surface area contributed by atoms with Gasteiger partial charge in [-0.25, -0.2) is 0 Å². The number of amides is 2. The highest BCUT2D eigenvalue weighted by Gasteiger charge is 2.37. The normalized spacial score (nSPS) is 13.9. The molecule has 1 heterocycles. The molecule has 1 atom stereocenters. The third kappa shape index (κ3) is 5.90. The summed E-state index contributed by atoms with van der Waals surface area (Å²) in [5.41, 5.74) is 10.3. The lowest BCUT2D eigenvalue weighted by molar-refractivity contribution is -0.123. The van der Waals surface area contributed by atoms with Crippen LogP contribution in [0.3, 0.4) is 0 Å². The van der Waals surface area contributed by atoms with Gasteiger partial charge in [0.1, 0.15) is 28.1 Å². The van der Waals surface area contributed by atoms with E-state index in [0.717, 1.165) is 48.3 Å². The molecule has 4 aromatic rings. The number of benzene rings is 3. The average molecular weight is 571 g/mol. The second kappa shape index (κ2) is 12.4. The van der Waals surface area contributed by atoms with Gasteiger partial charge in [-0.15, -0.1) is 0 Å². The Balaban J connectivity index is 1.61. The maximum Gasteiger partial charge on any atom is 0.273 e. The zero-order valence-corrected chi connectivity index (χ0v) is 24.2. The number of hydrogen-bond donors (Lipinski definition) is 2. The standard InChI is InChI=1S/C32H34N4O4S/c1-20-8-4-7-11-26(20)36(32(38)30-27(33)28(35-41-30)21-12-16-24(39-2)17-13-21)29(22-14-18-25(40-3)19-15-22)31(37)34-23-9-5-6-10-23/h4,7-8,11-19,23,29H,5-6,9-10,33H2,1-3H3,(H,34,37). The lowest BCUT2D eigenvalue weighted by Gasteiger charge is -2.33. The summed E-state index contributed by atoms with van der Waals surface area (Å²) in [4.78, 5) is 30.5. The molecule has 41 heavy (non-hydrogen) atoms. The fourth-order valence-electron chi connectivity index (χ4n) is 5.27. The van der Waals surface area contributed by atoms with Crippen molar-refractivity contribution in [1.29, 1.82) is 0 Å². The molecule has 9 heteroatoms. The summed E-state index contributed by atoms with van der Waals surface area (Å²) >= 11 is 1.03. The van der Waals surface area contributed by atoms with E-state index in [-0.39, 0.29) is 22.5 Å². The number of nitrogens with zero attached hydrogens (tertiary/aromatic N) is 2. The molecule has 3 aromatic carbocycles. The van der Waals surface area contributed by atoms with Gasteiger partial charge in [-0.1, -0.05) is 43.2 Å². The molecule has 1 saturated carbocycles. The molecule has 5 rings (SSSR count). The number of ether oxygens (including phenoxy) is 2. The Morgan fingerprint density at radius 1 is 0.951 bits per heavy atom. The number of nitrogen functional groups attached to an aromatic ring is 1. The number of aromatic nitrogens is 1. The van der Waals surface area contributed by atoms with Crippen LogP contribution < -0.4 is 25.4 Å². The quantitative estimate of drug-likeness (QED) is 0.249. The van der Waals surface area contributed by atoms with Crippen molar-refractivity contribution in [3.63, 3.8) is 0 Å². The van der Waals surface area contributed by atoms with Gasteiger partial charge in [0, 0.05) is 17.3 Å². The number of aryl methyl sites for hydroxylation is 1. The van der Waals surface area contributed by atoms with E-state index in [1.54, 1.807) is 31.3 Å². The van der Waals surface area contributed by atoms with Gasteiger partial charge in [-0.3, -0.25) is 14.5 Å². The molecule has 8 nitrogen and oxygen atoms in total. The molecule has 0 radical (unpaired) electrons. The van der Waals surface area contributed by atoms with Crippen LogP contribution in [-0.2, 0) is 4.79 Å². The molecule has 0 aliphatic heterocycles. The Labute approximate surface area is 244 Å². The van der Waals surface area contributed by atoms with Gasteiger partial charge in [-0.2, -0.15) is 4.37 Å².